The summed E-state index contributed by atoms with van der Waals surface area (Å²) in [4.78, 5) is 19.4. The molecule has 0 radical (unpaired) electrons. The van der Waals surface area contributed by atoms with E-state index in [9.17, 15) is 4.79 Å². The van der Waals surface area contributed by atoms with Gasteiger partial charge in [-0.3, -0.25) is 9.69 Å². The van der Waals surface area contributed by atoms with Crippen LogP contribution in [0.1, 0.15) is 28.7 Å². The molecule has 0 saturated carbocycles. The van der Waals surface area contributed by atoms with E-state index in [1.807, 2.05) is 6.92 Å². The molecule has 104 valence electrons. The van der Waals surface area contributed by atoms with E-state index in [-0.39, 0.29) is 11.9 Å². The summed E-state index contributed by atoms with van der Waals surface area (Å²) in [5, 5.41) is 3.13. The van der Waals surface area contributed by atoms with Gasteiger partial charge in [-0.1, -0.05) is 0 Å². The highest BCUT2D eigenvalue weighted by Gasteiger charge is 2.36. The summed E-state index contributed by atoms with van der Waals surface area (Å²) in [5.74, 6) is 0.0128. The van der Waals surface area contributed by atoms with E-state index in [0.717, 1.165) is 36.7 Å². The molecule has 2 aliphatic rings. The number of aromatic nitrogens is 1. The summed E-state index contributed by atoms with van der Waals surface area (Å²) in [6, 6.07) is 0.692. The minimum atomic E-state index is 0.0128. The Hall–Kier alpha value is -0.980. The number of carbonyl (C=O) groups excluding carboxylic acids is 1. The first-order valence-electron chi connectivity index (χ1n) is 6.70. The van der Waals surface area contributed by atoms with Crippen molar-refractivity contribution in [1.82, 2.24) is 15.2 Å². The Labute approximate surface area is 117 Å². The maximum absolute atomic E-state index is 12.2. The van der Waals surface area contributed by atoms with Crippen LogP contribution in [0.15, 0.2) is 5.51 Å². The average molecular weight is 281 g/mol. The Balaban J connectivity index is 1.60. The van der Waals surface area contributed by atoms with Gasteiger partial charge in [-0.15, -0.1) is 11.3 Å². The summed E-state index contributed by atoms with van der Waals surface area (Å²) >= 11 is 1.41. The molecular formula is C13H19N3O2S. The van der Waals surface area contributed by atoms with Crippen LogP contribution in [0.4, 0.5) is 0 Å². The predicted molar refractivity (Wildman–Crippen MR) is 73.5 cm³/mol. The van der Waals surface area contributed by atoms with E-state index in [2.05, 4.69) is 22.1 Å². The molecule has 19 heavy (non-hydrogen) atoms. The van der Waals surface area contributed by atoms with Gasteiger partial charge in [-0.2, -0.15) is 0 Å². The number of thiazole rings is 1. The summed E-state index contributed by atoms with van der Waals surface area (Å²) in [5.41, 5.74) is 2.53. The lowest BCUT2D eigenvalue weighted by Gasteiger charge is -2.33. The fourth-order valence-electron chi connectivity index (χ4n) is 2.91. The van der Waals surface area contributed by atoms with Gasteiger partial charge in [0.1, 0.15) is 4.88 Å². The van der Waals surface area contributed by atoms with Crippen molar-refractivity contribution in [3.63, 3.8) is 0 Å². The number of amides is 1. The maximum Gasteiger partial charge on any atom is 0.263 e. The zero-order chi connectivity index (χ0) is 13.4. The van der Waals surface area contributed by atoms with Crippen molar-refractivity contribution in [3.05, 3.63) is 16.1 Å². The molecule has 3 rings (SSSR count). The molecule has 1 N–H and O–H groups in total. The van der Waals surface area contributed by atoms with E-state index in [0.29, 0.717) is 12.1 Å². The molecular weight excluding hydrogens is 262 g/mol. The Morgan fingerprint density at radius 3 is 3.16 bits per heavy atom. The highest BCUT2D eigenvalue weighted by molar-refractivity contribution is 7.11. The number of ether oxygens (including phenoxy) is 1. The molecule has 2 fully saturated rings. The van der Waals surface area contributed by atoms with Crippen LogP contribution >= 0.6 is 11.3 Å². The highest BCUT2D eigenvalue weighted by Crippen LogP contribution is 2.23. The zero-order valence-electron chi connectivity index (χ0n) is 11.3. The zero-order valence-corrected chi connectivity index (χ0v) is 12.1. The van der Waals surface area contributed by atoms with Crippen molar-refractivity contribution in [2.45, 2.75) is 38.5 Å². The molecule has 1 aromatic rings. The van der Waals surface area contributed by atoms with Crippen LogP contribution in [0.2, 0.25) is 0 Å². The average Bonchev–Trinajstić information content (AvgIpc) is 2.94. The highest BCUT2D eigenvalue weighted by atomic mass is 32.1. The van der Waals surface area contributed by atoms with Crippen molar-refractivity contribution >= 4 is 17.2 Å². The number of morpholine rings is 1. The monoisotopic (exact) mass is 281 g/mol. The lowest BCUT2D eigenvalue weighted by molar-refractivity contribution is -0.0390. The topological polar surface area (TPSA) is 54.5 Å². The van der Waals surface area contributed by atoms with Gasteiger partial charge in [0.15, 0.2) is 0 Å². The van der Waals surface area contributed by atoms with E-state index >= 15 is 0 Å². The number of rotatable bonds is 2. The van der Waals surface area contributed by atoms with Gasteiger partial charge in [0, 0.05) is 25.2 Å². The van der Waals surface area contributed by atoms with E-state index in [1.54, 1.807) is 5.51 Å². The van der Waals surface area contributed by atoms with E-state index in [4.69, 9.17) is 4.74 Å². The fourth-order valence-corrected chi connectivity index (χ4v) is 3.62. The molecule has 0 unspecified atom stereocenters. The summed E-state index contributed by atoms with van der Waals surface area (Å²) in [6.45, 7) is 6.66. The first kappa shape index (κ1) is 13.0. The molecule has 0 spiro atoms. The quantitative estimate of drug-likeness (QED) is 0.880. The van der Waals surface area contributed by atoms with Crippen molar-refractivity contribution in [3.8, 4) is 0 Å². The second-order valence-electron chi connectivity index (χ2n) is 5.42. The Morgan fingerprint density at radius 2 is 2.42 bits per heavy atom. The minimum absolute atomic E-state index is 0.0128. The molecule has 0 aromatic carbocycles. The molecule has 6 heteroatoms. The predicted octanol–water partition coefficient (Wildman–Crippen LogP) is 1.04. The summed E-state index contributed by atoms with van der Waals surface area (Å²) < 4.78 is 5.67. The van der Waals surface area contributed by atoms with Gasteiger partial charge >= 0.3 is 0 Å². The van der Waals surface area contributed by atoms with Gasteiger partial charge in [0.25, 0.3) is 5.91 Å². The number of nitrogens with zero attached hydrogens (tertiary/aromatic N) is 2. The molecule has 3 atom stereocenters. The lowest BCUT2D eigenvalue weighted by atomic mass is 10.1. The summed E-state index contributed by atoms with van der Waals surface area (Å²) in [7, 11) is 0. The SMILES string of the molecule is Cc1ncsc1C(=O)N[C@H]1C[C@H]2CO[C@H](C)CN2C1. The van der Waals surface area contributed by atoms with Crippen molar-refractivity contribution < 1.29 is 9.53 Å². The molecule has 0 aliphatic carbocycles. The molecule has 5 nitrogen and oxygen atoms in total. The van der Waals surface area contributed by atoms with Crippen LogP contribution in [0.5, 0.6) is 0 Å². The maximum atomic E-state index is 12.2. The van der Waals surface area contributed by atoms with E-state index in [1.165, 1.54) is 11.3 Å². The van der Waals surface area contributed by atoms with Crippen LogP contribution in [-0.4, -0.2) is 53.7 Å². The van der Waals surface area contributed by atoms with Gasteiger partial charge in [0.2, 0.25) is 0 Å². The van der Waals surface area contributed by atoms with E-state index < -0.39 is 0 Å². The molecule has 1 aromatic heterocycles. The minimum Gasteiger partial charge on any atom is -0.376 e. The number of carbonyl (C=O) groups is 1. The second kappa shape index (κ2) is 5.19. The number of aryl methyl sites for hydroxylation is 1. The van der Waals surface area contributed by atoms with Crippen LogP contribution < -0.4 is 5.32 Å². The number of fused-ring (bicyclic) bond motifs is 1. The van der Waals surface area contributed by atoms with Crippen LogP contribution in [-0.2, 0) is 4.74 Å². The molecule has 2 aliphatic heterocycles. The first-order valence-corrected chi connectivity index (χ1v) is 7.58. The third kappa shape index (κ3) is 2.66. The number of nitrogens with one attached hydrogen (secondary N) is 1. The summed E-state index contributed by atoms with van der Waals surface area (Å²) in [6.07, 6.45) is 1.28. The standard InChI is InChI=1S/C13H19N3O2S/c1-8-4-16-5-10(3-11(16)6-18-8)15-13(17)12-9(2)14-7-19-12/h7-8,10-11H,3-6H2,1-2H3,(H,15,17)/t8-,10+,11+/m1/s1. The van der Waals surface area contributed by atoms with Crippen molar-refractivity contribution in [2.24, 2.45) is 0 Å². The molecule has 3 heterocycles. The first-order chi connectivity index (χ1) is 9.13. The third-order valence-electron chi connectivity index (χ3n) is 3.88. The van der Waals surface area contributed by atoms with Crippen molar-refractivity contribution in [2.75, 3.05) is 19.7 Å². The Morgan fingerprint density at radius 1 is 1.58 bits per heavy atom. The van der Waals surface area contributed by atoms with Crippen molar-refractivity contribution in [1.29, 1.82) is 0 Å². The smallest absolute Gasteiger partial charge is 0.263 e. The molecule has 2 saturated heterocycles. The van der Waals surface area contributed by atoms with Gasteiger partial charge in [0.05, 0.1) is 23.9 Å². The normalized spacial score (nSPS) is 31.2. The number of hydrogen-bond acceptors (Lipinski definition) is 5. The number of hydrogen-bond donors (Lipinski definition) is 1. The van der Waals surface area contributed by atoms with Crippen LogP contribution in [0.3, 0.4) is 0 Å². The largest absolute Gasteiger partial charge is 0.376 e. The van der Waals surface area contributed by atoms with Gasteiger partial charge < -0.3 is 10.1 Å². The van der Waals surface area contributed by atoms with Gasteiger partial charge in [-0.05, 0) is 20.3 Å². The van der Waals surface area contributed by atoms with Crippen LogP contribution in [0, 0.1) is 6.92 Å². The fraction of sp³-hybridized carbons (Fsp3) is 0.692. The molecule has 1 amide bonds. The lowest BCUT2D eigenvalue weighted by Crippen LogP contribution is -2.45. The third-order valence-corrected chi connectivity index (χ3v) is 4.81. The Kier molecular flexibility index (Phi) is 3.56. The molecule has 0 bridgehead atoms. The second-order valence-corrected chi connectivity index (χ2v) is 6.28. The van der Waals surface area contributed by atoms with Crippen LogP contribution in [0.25, 0.3) is 0 Å². The van der Waals surface area contributed by atoms with Gasteiger partial charge in [-0.25, -0.2) is 4.98 Å². The Bertz CT molecular complexity index is 476.